The number of rotatable bonds is 6. The van der Waals surface area contributed by atoms with Crippen LogP contribution in [-0.4, -0.2) is 19.7 Å². The third-order valence-electron chi connectivity index (χ3n) is 3.31. The molecule has 0 saturated carbocycles. The van der Waals surface area contributed by atoms with Gasteiger partial charge in [0.2, 0.25) is 0 Å². The van der Waals surface area contributed by atoms with Crippen molar-refractivity contribution in [2.24, 2.45) is 0 Å². The summed E-state index contributed by atoms with van der Waals surface area (Å²) in [6, 6.07) is 5.63. The van der Waals surface area contributed by atoms with Gasteiger partial charge in [0.25, 0.3) is 0 Å². The van der Waals surface area contributed by atoms with Crippen molar-refractivity contribution >= 4 is 46.3 Å². The number of benzene rings is 2. The van der Waals surface area contributed by atoms with Crippen LogP contribution in [0.4, 0.5) is 8.78 Å². The summed E-state index contributed by atoms with van der Waals surface area (Å²) in [6.07, 6.45) is 0. The lowest BCUT2D eigenvalue weighted by atomic mass is 10.1. The third kappa shape index (κ3) is 5.03. The molecule has 0 radical (unpaired) electrons. The van der Waals surface area contributed by atoms with E-state index >= 15 is 0 Å². The van der Waals surface area contributed by atoms with Crippen LogP contribution in [0.5, 0.6) is 17.2 Å². The minimum Gasteiger partial charge on any atom is -0.493 e. The van der Waals surface area contributed by atoms with Crippen LogP contribution in [0.15, 0.2) is 34.8 Å². The molecule has 0 aliphatic rings. The molecule has 0 unspecified atom stereocenters. The molecule has 0 N–H and O–H groups in total. The van der Waals surface area contributed by atoms with E-state index in [1.807, 2.05) is 0 Å². The lowest BCUT2D eigenvalue weighted by Crippen LogP contribution is -2.09. The SMILES string of the molecule is CCOC(=O)C(=C(Cl)Cl)c1cc(Oc2ccc(F)cc2OC)c(Cl)cc1F. The largest absolute Gasteiger partial charge is 0.493 e. The van der Waals surface area contributed by atoms with Crippen molar-refractivity contribution in [3.05, 3.63) is 57.0 Å². The van der Waals surface area contributed by atoms with Crippen LogP contribution < -0.4 is 9.47 Å². The van der Waals surface area contributed by atoms with E-state index in [4.69, 9.17) is 49.0 Å². The predicted molar refractivity (Wildman–Crippen MR) is 99.7 cm³/mol. The Morgan fingerprint density at radius 3 is 2.37 bits per heavy atom. The summed E-state index contributed by atoms with van der Waals surface area (Å²) in [7, 11) is 1.33. The van der Waals surface area contributed by atoms with Crippen molar-refractivity contribution in [3.63, 3.8) is 0 Å². The average molecular weight is 438 g/mol. The Kier molecular flexibility index (Phi) is 7.30. The number of carbonyl (C=O) groups excluding carboxylic acids is 1. The van der Waals surface area contributed by atoms with Crippen LogP contribution in [0.3, 0.4) is 0 Å². The molecule has 0 spiro atoms. The maximum atomic E-state index is 14.4. The summed E-state index contributed by atoms with van der Waals surface area (Å²) in [5, 5.41) is -0.100. The molecule has 0 aliphatic heterocycles. The number of methoxy groups -OCH3 is 1. The van der Waals surface area contributed by atoms with E-state index in [9.17, 15) is 13.6 Å². The Bertz CT molecular complexity index is 896. The van der Waals surface area contributed by atoms with Crippen LogP contribution in [0.2, 0.25) is 5.02 Å². The van der Waals surface area contributed by atoms with E-state index < -0.39 is 22.1 Å². The lowest BCUT2D eigenvalue weighted by Gasteiger charge is -2.14. The van der Waals surface area contributed by atoms with Crippen LogP contribution in [0.1, 0.15) is 12.5 Å². The molecule has 0 fully saturated rings. The highest BCUT2D eigenvalue weighted by Crippen LogP contribution is 2.39. The van der Waals surface area contributed by atoms with Gasteiger partial charge in [0, 0.05) is 11.6 Å². The zero-order chi connectivity index (χ0) is 20.1. The van der Waals surface area contributed by atoms with E-state index in [0.29, 0.717) is 0 Å². The number of hydrogen-bond acceptors (Lipinski definition) is 4. The van der Waals surface area contributed by atoms with Gasteiger partial charge in [0.15, 0.2) is 11.5 Å². The fourth-order valence-electron chi connectivity index (χ4n) is 2.14. The van der Waals surface area contributed by atoms with Gasteiger partial charge in [-0.05, 0) is 31.2 Å². The highest BCUT2D eigenvalue weighted by molar-refractivity contribution is 6.61. The molecule has 0 aliphatic carbocycles. The van der Waals surface area contributed by atoms with Crippen molar-refractivity contribution < 1.29 is 27.8 Å². The quantitative estimate of drug-likeness (QED) is 0.403. The molecule has 0 heterocycles. The Morgan fingerprint density at radius 1 is 1.07 bits per heavy atom. The van der Waals surface area contributed by atoms with Crippen LogP contribution >= 0.6 is 34.8 Å². The van der Waals surface area contributed by atoms with E-state index in [2.05, 4.69) is 0 Å². The highest BCUT2D eigenvalue weighted by Gasteiger charge is 2.23. The first-order chi connectivity index (χ1) is 12.8. The normalized spacial score (nSPS) is 10.3. The monoisotopic (exact) mass is 436 g/mol. The minimum atomic E-state index is -0.913. The second-order valence-corrected chi connectivity index (χ2v) is 6.37. The molecule has 2 aromatic rings. The second kappa shape index (κ2) is 9.26. The van der Waals surface area contributed by atoms with Crippen molar-refractivity contribution in [3.8, 4) is 17.2 Å². The maximum absolute atomic E-state index is 14.4. The summed E-state index contributed by atoms with van der Waals surface area (Å²) in [5.41, 5.74) is -0.654. The van der Waals surface area contributed by atoms with Gasteiger partial charge in [0.1, 0.15) is 27.4 Å². The molecule has 9 heteroatoms. The molecule has 2 aromatic carbocycles. The fourth-order valence-corrected chi connectivity index (χ4v) is 2.68. The number of ether oxygens (including phenoxy) is 3. The van der Waals surface area contributed by atoms with Gasteiger partial charge < -0.3 is 14.2 Å². The zero-order valence-corrected chi connectivity index (χ0v) is 16.4. The zero-order valence-electron chi connectivity index (χ0n) is 14.1. The summed E-state index contributed by atoms with van der Waals surface area (Å²) in [6.45, 7) is 1.61. The van der Waals surface area contributed by atoms with Gasteiger partial charge in [-0.2, -0.15) is 0 Å². The van der Waals surface area contributed by atoms with E-state index in [-0.39, 0.29) is 40.0 Å². The number of hydrogen-bond donors (Lipinski definition) is 0. The molecule has 27 heavy (non-hydrogen) atoms. The number of halogens is 5. The molecule has 144 valence electrons. The summed E-state index contributed by atoms with van der Waals surface area (Å²) in [4.78, 5) is 12.1. The van der Waals surface area contributed by atoms with Gasteiger partial charge in [-0.25, -0.2) is 13.6 Å². The number of carbonyl (C=O) groups is 1. The van der Waals surface area contributed by atoms with Crippen LogP contribution in [0, 0.1) is 11.6 Å². The Balaban J connectivity index is 2.53. The predicted octanol–water partition coefficient (Wildman–Crippen LogP) is 6.13. The summed E-state index contributed by atoms with van der Waals surface area (Å²) < 4.78 is 42.7. The Morgan fingerprint density at radius 2 is 1.78 bits per heavy atom. The van der Waals surface area contributed by atoms with E-state index in [1.54, 1.807) is 6.92 Å². The van der Waals surface area contributed by atoms with Gasteiger partial charge in [0.05, 0.1) is 18.7 Å². The molecular weight excluding hydrogens is 425 g/mol. The first-order valence-corrected chi connectivity index (χ1v) is 8.65. The van der Waals surface area contributed by atoms with Crippen molar-refractivity contribution in [2.45, 2.75) is 6.92 Å². The molecular formula is C18H13Cl3F2O4. The van der Waals surface area contributed by atoms with E-state index in [0.717, 1.165) is 24.3 Å². The summed E-state index contributed by atoms with van der Waals surface area (Å²) in [5.74, 6) is -2.13. The van der Waals surface area contributed by atoms with Gasteiger partial charge >= 0.3 is 5.97 Å². The molecule has 0 saturated heterocycles. The third-order valence-corrected chi connectivity index (χ3v) is 3.98. The smallest absolute Gasteiger partial charge is 0.341 e. The van der Waals surface area contributed by atoms with Gasteiger partial charge in [-0.3, -0.25) is 0 Å². The van der Waals surface area contributed by atoms with Crippen LogP contribution in [0.25, 0.3) is 5.57 Å². The molecule has 2 rings (SSSR count). The second-order valence-electron chi connectivity index (χ2n) is 5.02. The maximum Gasteiger partial charge on any atom is 0.341 e. The first kappa shape index (κ1) is 21.3. The fraction of sp³-hybridized carbons (Fsp3) is 0.167. The molecule has 0 amide bonds. The van der Waals surface area contributed by atoms with E-state index in [1.165, 1.54) is 13.2 Å². The van der Waals surface area contributed by atoms with Gasteiger partial charge in [-0.1, -0.05) is 34.8 Å². The Hall–Kier alpha value is -2.02. The molecule has 0 atom stereocenters. The number of esters is 1. The lowest BCUT2D eigenvalue weighted by molar-refractivity contribution is -0.136. The van der Waals surface area contributed by atoms with Crippen molar-refractivity contribution in [1.82, 2.24) is 0 Å². The molecule has 0 aromatic heterocycles. The Labute approximate surface area is 169 Å². The summed E-state index contributed by atoms with van der Waals surface area (Å²) >= 11 is 17.5. The van der Waals surface area contributed by atoms with Crippen molar-refractivity contribution in [1.29, 1.82) is 0 Å². The van der Waals surface area contributed by atoms with Crippen LogP contribution in [-0.2, 0) is 9.53 Å². The van der Waals surface area contributed by atoms with Gasteiger partial charge in [-0.15, -0.1) is 0 Å². The first-order valence-electron chi connectivity index (χ1n) is 7.51. The van der Waals surface area contributed by atoms with Crippen molar-refractivity contribution in [2.75, 3.05) is 13.7 Å². The molecule has 0 bridgehead atoms. The molecule has 4 nitrogen and oxygen atoms in total. The standard InChI is InChI=1S/C18H13Cl3F2O4/c1-3-26-18(24)16(17(20)21)10-7-14(11(19)8-12(10)23)27-13-5-4-9(22)6-15(13)25-2/h4-8H,3H2,1-2H3. The average Bonchev–Trinajstić information content (AvgIpc) is 2.60. The minimum absolute atomic E-state index is 0.0330. The highest BCUT2D eigenvalue weighted by atomic mass is 35.5. The topological polar surface area (TPSA) is 44.8 Å².